The molecule has 2 aromatic carbocycles. The van der Waals surface area contributed by atoms with Crippen LogP contribution in [0.5, 0.6) is 23.0 Å². The molecule has 1 aliphatic heterocycles. The minimum atomic E-state index is -3.71. The number of sulfonamides is 1. The monoisotopic (exact) mass is 379 g/mol. The molecule has 0 saturated carbocycles. The molecule has 1 heterocycles. The van der Waals surface area contributed by atoms with Crippen molar-refractivity contribution < 1.29 is 27.4 Å². The standard InChI is InChI=1S/C18H21NO6S/c1-19(11-13-12-24-16-6-4-5-7-17(16)25-13)26(20,21)14-8-9-15(22-2)18(10-14)23-3/h4-10,13H,11-12H2,1-3H3/t13-/m0/s1. The number of hydrogen-bond acceptors (Lipinski definition) is 6. The highest BCUT2D eigenvalue weighted by Gasteiger charge is 2.28. The first-order valence-electron chi connectivity index (χ1n) is 8.02. The van der Waals surface area contributed by atoms with Gasteiger partial charge in [-0.25, -0.2) is 8.42 Å². The van der Waals surface area contributed by atoms with Gasteiger partial charge < -0.3 is 18.9 Å². The Labute approximate surface area is 153 Å². The van der Waals surface area contributed by atoms with E-state index < -0.39 is 16.1 Å². The van der Waals surface area contributed by atoms with Crippen LogP contribution in [0.2, 0.25) is 0 Å². The van der Waals surface area contributed by atoms with Crippen LogP contribution in [0.15, 0.2) is 47.4 Å². The van der Waals surface area contributed by atoms with Gasteiger partial charge in [-0.1, -0.05) is 12.1 Å². The summed E-state index contributed by atoms with van der Waals surface area (Å²) in [6.07, 6.45) is -0.398. The predicted molar refractivity (Wildman–Crippen MR) is 95.7 cm³/mol. The van der Waals surface area contributed by atoms with Gasteiger partial charge in [0.15, 0.2) is 23.0 Å². The van der Waals surface area contributed by atoms with Crippen molar-refractivity contribution in [3.8, 4) is 23.0 Å². The number of para-hydroxylation sites is 2. The zero-order chi connectivity index (χ0) is 18.7. The second-order valence-corrected chi connectivity index (χ2v) is 7.84. The SMILES string of the molecule is COc1ccc(S(=O)(=O)N(C)C[C@H]2COc3ccccc3O2)cc1OC. The lowest BCUT2D eigenvalue weighted by atomic mass is 10.2. The van der Waals surface area contributed by atoms with Gasteiger partial charge in [-0.05, 0) is 24.3 Å². The summed E-state index contributed by atoms with van der Waals surface area (Å²) < 4.78 is 48.8. The predicted octanol–water partition coefficient (Wildman–Crippen LogP) is 2.16. The van der Waals surface area contributed by atoms with E-state index in [9.17, 15) is 8.42 Å². The van der Waals surface area contributed by atoms with Crippen molar-refractivity contribution in [2.45, 2.75) is 11.0 Å². The van der Waals surface area contributed by atoms with Crippen LogP contribution in [0.25, 0.3) is 0 Å². The Morgan fingerprint density at radius 3 is 2.46 bits per heavy atom. The third-order valence-corrected chi connectivity index (χ3v) is 5.91. The lowest BCUT2D eigenvalue weighted by molar-refractivity contribution is 0.0798. The summed E-state index contributed by atoms with van der Waals surface area (Å²) >= 11 is 0. The summed E-state index contributed by atoms with van der Waals surface area (Å²) in [5.41, 5.74) is 0. The Kier molecular flexibility index (Phi) is 5.24. The zero-order valence-corrected chi connectivity index (χ0v) is 15.7. The maximum Gasteiger partial charge on any atom is 0.243 e. The van der Waals surface area contributed by atoms with Gasteiger partial charge in [0.1, 0.15) is 12.7 Å². The van der Waals surface area contributed by atoms with Gasteiger partial charge >= 0.3 is 0 Å². The van der Waals surface area contributed by atoms with Gasteiger partial charge in [-0.2, -0.15) is 4.31 Å². The lowest BCUT2D eigenvalue weighted by Gasteiger charge is -2.29. The molecule has 3 rings (SSSR count). The van der Waals surface area contributed by atoms with E-state index in [0.717, 1.165) is 0 Å². The fourth-order valence-corrected chi connectivity index (χ4v) is 3.91. The van der Waals surface area contributed by atoms with Crippen LogP contribution in [0.3, 0.4) is 0 Å². The number of methoxy groups -OCH3 is 2. The van der Waals surface area contributed by atoms with Crippen LogP contribution < -0.4 is 18.9 Å². The normalized spacial score (nSPS) is 16.4. The van der Waals surface area contributed by atoms with E-state index in [4.69, 9.17) is 18.9 Å². The topological polar surface area (TPSA) is 74.3 Å². The van der Waals surface area contributed by atoms with Crippen LogP contribution in [-0.2, 0) is 10.0 Å². The highest BCUT2D eigenvalue weighted by atomic mass is 32.2. The van der Waals surface area contributed by atoms with Gasteiger partial charge in [0.05, 0.1) is 25.7 Å². The molecule has 0 bridgehead atoms. The lowest BCUT2D eigenvalue weighted by Crippen LogP contribution is -2.41. The molecule has 0 radical (unpaired) electrons. The highest BCUT2D eigenvalue weighted by molar-refractivity contribution is 7.89. The van der Waals surface area contributed by atoms with Gasteiger partial charge in [0, 0.05) is 13.1 Å². The third-order valence-electron chi connectivity index (χ3n) is 4.09. The third kappa shape index (κ3) is 3.56. The molecule has 140 valence electrons. The second-order valence-electron chi connectivity index (χ2n) is 5.80. The number of fused-ring (bicyclic) bond motifs is 1. The summed E-state index contributed by atoms with van der Waals surface area (Å²) in [4.78, 5) is 0.120. The molecule has 1 aliphatic rings. The minimum absolute atomic E-state index is 0.120. The number of likely N-dealkylation sites (N-methyl/N-ethyl adjacent to an activating group) is 1. The van der Waals surface area contributed by atoms with Crippen molar-refractivity contribution in [1.82, 2.24) is 4.31 Å². The zero-order valence-electron chi connectivity index (χ0n) is 14.8. The Balaban J connectivity index is 1.76. The fraction of sp³-hybridized carbons (Fsp3) is 0.333. The Bertz CT molecular complexity index is 883. The van der Waals surface area contributed by atoms with Crippen molar-refractivity contribution in [1.29, 1.82) is 0 Å². The average molecular weight is 379 g/mol. The molecule has 7 nitrogen and oxygen atoms in total. The van der Waals surface area contributed by atoms with Gasteiger partial charge in [0.25, 0.3) is 0 Å². The molecule has 0 amide bonds. The van der Waals surface area contributed by atoms with Crippen LogP contribution in [0, 0.1) is 0 Å². The first-order chi connectivity index (χ1) is 12.5. The van der Waals surface area contributed by atoms with E-state index in [2.05, 4.69) is 0 Å². The largest absolute Gasteiger partial charge is 0.493 e. The first-order valence-corrected chi connectivity index (χ1v) is 9.46. The van der Waals surface area contributed by atoms with Crippen LogP contribution >= 0.6 is 0 Å². The number of nitrogens with zero attached hydrogens (tertiary/aromatic N) is 1. The van der Waals surface area contributed by atoms with E-state index in [1.807, 2.05) is 18.2 Å². The van der Waals surface area contributed by atoms with Crippen LogP contribution in [0.1, 0.15) is 0 Å². The van der Waals surface area contributed by atoms with Crippen LogP contribution in [0.4, 0.5) is 0 Å². The van der Waals surface area contributed by atoms with Gasteiger partial charge in [-0.3, -0.25) is 0 Å². The molecule has 1 atom stereocenters. The highest BCUT2D eigenvalue weighted by Crippen LogP contribution is 2.32. The molecule has 0 aliphatic carbocycles. The quantitative estimate of drug-likeness (QED) is 0.766. The second kappa shape index (κ2) is 7.43. The van der Waals surface area contributed by atoms with Crippen molar-refractivity contribution in [2.24, 2.45) is 0 Å². The van der Waals surface area contributed by atoms with E-state index in [1.54, 1.807) is 12.1 Å². The van der Waals surface area contributed by atoms with E-state index in [1.165, 1.54) is 37.7 Å². The van der Waals surface area contributed by atoms with Gasteiger partial charge in [-0.15, -0.1) is 0 Å². The van der Waals surface area contributed by atoms with Crippen molar-refractivity contribution in [2.75, 3.05) is 34.4 Å². The summed E-state index contributed by atoms with van der Waals surface area (Å²) in [6.45, 7) is 0.438. The molecular formula is C18H21NO6S. The molecule has 0 unspecified atom stereocenters. The molecule has 8 heteroatoms. The molecule has 0 aromatic heterocycles. The van der Waals surface area contributed by atoms with Crippen molar-refractivity contribution in [3.05, 3.63) is 42.5 Å². The summed E-state index contributed by atoms with van der Waals surface area (Å²) in [5, 5.41) is 0. The maximum absolute atomic E-state index is 12.9. The smallest absolute Gasteiger partial charge is 0.243 e. The molecule has 0 saturated heterocycles. The number of rotatable bonds is 6. The first kappa shape index (κ1) is 18.3. The van der Waals surface area contributed by atoms with Crippen LogP contribution in [-0.4, -0.2) is 53.2 Å². The van der Waals surface area contributed by atoms with Crippen molar-refractivity contribution in [3.63, 3.8) is 0 Å². The van der Waals surface area contributed by atoms with E-state index in [-0.39, 0.29) is 18.0 Å². The molecular weight excluding hydrogens is 358 g/mol. The van der Waals surface area contributed by atoms with E-state index in [0.29, 0.717) is 23.0 Å². The molecule has 0 spiro atoms. The summed E-state index contributed by atoms with van der Waals surface area (Å²) in [6, 6.07) is 11.8. The van der Waals surface area contributed by atoms with Gasteiger partial charge in [0.2, 0.25) is 10.0 Å². The molecule has 0 N–H and O–H groups in total. The summed E-state index contributed by atoms with van der Waals surface area (Å²) in [7, 11) is 0.756. The summed E-state index contributed by atoms with van der Waals surface area (Å²) in [5.74, 6) is 2.10. The number of benzene rings is 2. The fourth-order valence-electron chi connectivity index (χ4n) is 2.69. The molecule has 2 aromatic rings. The number of hydrogen-bond donors (Lipinski definition) is 0. The maximum atomic E-state index is 12.9. The Morgan fingerprint density at radius 1 is 1.08 bits per heavy atom. The Hall–Kier alpha value is -2.45. The minimum Gasteiger partial charge on any atom is -0.493 e. The molecule has 0 fully saturated rings. The Morgan fingerprint density at radius 2 is 1.77 bits per heavy atom. The number of ether oxygens (including phenoxy) is 4. The van der Waals surface area contributed by atoms with Crippen molar-refractivity contribution >= 4 is 10.0 Å². The van der Waals surface area contributed by atoms with E-state index >= 15 is 0 Å². The molecule has 26 heavy (non-hydrogen) atoms. The average Bonchev–Trinajstić information content (AvgIpc) is 2.67.